The molecule has 3 aromatic carbocycles. The van der Waals surface area contributed by atoms with Gasteiger partial charge in [-0.15, -0.1) is 0 Å². The van der Waals surface area contributed by atoms with Crippen molar-refractivity contribution in [1.82, 2.24) is 4.72 Å². The zero-order valence-electron chi connectivity index (χ0n) is 17.0. The lowest BCUT2D eigenvalue weighted by molar-refractivity contribution is -0.120. The first-order chi connectivity index (χ1) is 14.9. The Kier molecular flexibility index (Phi) is 5.41. The highest BCUT2D eigenvalue weighted by Gasteiger charge is 2.37. The summed E-state index contributed by atoms with van der Waals surface area (Å²) in [4.78, 5) is 25.4. The van der Waals surface area contributed by atoms with Crippen molar-refractivity contribution in [3.8, 4) is 5.75 Å². The molecule has 1 atom stereocenters. The number of benzene rings is 3. The smallest absolute Gasteiger partial charge is 0.338 e. The molecule has 8 heteroatoms. The molecule has 1 aliphatic rings. The van der Waals surface area contributed by atoms with Gasteiger partial charge in [0.1, 0.15) is 5.75 Å². The van der Waals surface area contributed by atoms with E-state index in [0.717, 1.165) is 5.39 Å². The number of methoxy groups -OCH3 is 2. The molecular weight excluding hydrogens is 418 g/mol. The first kappa shape index (κ1) is 20.9. The number of carbonyl (C=O) groups excluding carboxylic acids is 2. The summed E-state index contributed by atoms with van der Waals surface area (Å²) in [5, 5.41) is 1.27. The first-order valence-corrected chi connectivity index (χ1v) is 11.2. The van der Waals surface area contributed by atoms with Crippen LogP contribution in [0.2, 0.25) is 0 Å². The summed E-state index contributed by atoms with van der Waals surface area (Å²) >= 11 is 0. The number of hydrogen-bond acceptors (Lipinski definition) is 6. The molecule has 1 N–H and O–H groups in total. The van der Waals surface area contributed by atoms with Crippen molar-refractivity contribution < 1.29 is 27.5 Å². The third kappa shape index (κ3) is 3.63. The number of nitrogens with one attached hydrogen (secondary N) is 1. The molecule has 1 amide bonds. The second kappa shape index (κ2) is 8.03. The Hall–Kier alpha value is -3.39. The molecule has 0 bridgehead atoms. The van der Waals surface area contributed by atoms with E-state index >= 15 is 0 Å². The number of rotatable bonds is 5. The van der Waals surface area contributed by atoms with Crippen LogP contribution in [0.25, 0.3) is 10.8 Å². The van der Waals surface area contributed by atoms with Crippen molar-refractivity contribution in [3.63, 3.8) is 0 Å². The largest absolute Gasteiger partial charge is 0.496 e. The van der Waals surface area contributed by atoms with Crippen LogP contribution in [0, 0.1) is 0 Å². The van der Waals surface area contributed by atoms with Crippen LogP contribution in [0.15, 0.2) is 59.5 Å². The molecule has 0 fully saturated rings. The van der Waals surface area contributed by atoms with E-state index in [9.17, 15) is 18.0 Å². The van der Waals surface area contributed by atoms with Crippen LogP contribution in [-0.4, -0.2) is 34.5 Å². The molecule has 1 unspecified atom stereocenters. The van der Waals surface area contributed by atoms with Gasteiger partial charge in [0.05, 0.1) is 30.6 Å². The minimum absolute atomic E-state index is 0.0241. The maximum absolute atomic E-state index is 13.1. The molecule has 0 heterocycles. The molecule has 1 aliphatic carbocycles. The molecule has 0 aliphatic heterocycles. The Labute approximate surface area is 180 Å². The van der Waals surface area contributed by atoms with E-state index in [1.54, 1.807) is 36.4 Å². The second-order valence-corrected chi connectivity index (χ2v) is 8.89. The van der Waals surface area contributed by atoms with Crippen molar-refractivity contribution >= 4 is 32.7 Å². The minimum atomic E-state index is -4.13. The van der Waals surface area contributed by atoms with E-state index in [-0.39, 0.29) is 10.5 Å². The van der Waals surface area contributed by atoms with E-state index in [1.807, 2.05) is 6.07 Å². The van der Waals surface area contributed by atoms with Crippen molar-refractivity contribution in [2.24, 2.45) is 0 Å². The van der Waals surface area contributed by atoms with Crippen LogP contribution in [0.4, 0.5) is 0 Å². The van der Waals surface area contributed by atoms with Gasteiger partial charge in [-0.2, -0.15) is 0 Å². The van der Waals surface area contributed by atoms with Crippen LogP contribution in [0.1, 0.15) is 33.8 Å². The monoisotopic (exact) mass is 439 g/mol. The number of hydrogen-bond donors (Lipinski definition) is 1. The molecule has 4 rings (SSSR count). The van der Waals surface area contributed by atoms with Crippen molar-refractivity contribution in [1.29, 1.82) is 0 Å². The topological polar surface area (TPSA) is 98.8 Å². The first-order valence-electron chi connectivity index (χ1n) is 9.70. The normalized spacial score (nSPS) is 15.4. The molecule has 160 valence electrons. The van der Waals surface area contributed by atoms with E-state index in [0.29, 0.717) is 35.1 Å². The summed E-state index contributed by atoms with van der Waals surface area (Å²) in [7, 11) is -1.36. The fraction of sp³-hybridized carbons (Fsp3) is 0.217. The zero-order chi connectivity index (χ0) is 22.2. The van der Waals surface area contributed by atoms with Gasteiger partial charge in [-0.05, 0) is 47.6 Å². The van der Waals surface area contributed by atoms with Gasteiger partial charge in [0, 0.05) is 5.39 Å². The van der Waals surface area contributed by atoms with Crippen molar-refractivity contribution in [2.45, 2.75) is 23.7 Å². The van der Waals surface area contributed by atoms with Crippen LogP contribution in [0.3, 0.4) is 0 Å². The van der Waals surface area contributed by atoms with Crippen molar-refractivity contribution in [2.75, 3.05) is 14.2 Å². The summed E-state index contributed by atoms with van der Waals surface area (Å²) in [6.45, 7) is 0. The highest BCUT2D eigenvalue weighted by Crippen LogP contribution is 2.41. The van der Waals surface area contributed by atoms with E-state index < -0.39 is 27.8 Å². The molecule has 0 aromatic heterocycles. The van der Waals surface area contributed by atoms with Gasteiger partial charge in [0.15, 0.2) is 0 Å². The Balaban J connectivity index is 1.72. The van der Waals surface area contributed by atoms with Crippen molar-refractivity contribution in [3.05, 3.63) is 71.3 Å². The van der Waals surface area contributed by atoms with Crippen LogP contribution >= 0.6 is 0 Å². The van der Waals surface area contributed by atoms with Gasteiger partial charge >= 0.3 is 5.97 Å². The highest BCUT2D eigenvalue weighted by atomic mass is 32.2. The lowest BCUT2D eigenvalue weighted by Gasteiger charge is -2.17. The van der Waals surface area contributed by atoms with Gasteiger partial charge in [-0.25, -0.2) is 17.9 Å². The summed E-state index contributed by atoms with van der Waals surface area (Å²) < 4.78 is 38.6. The Morgan fingerprint density at radius 2 is 1.74 bits per heavy atom. The predicted molar refractivity (Wildman–Crippen MR) is 115 cm³/mol. The van der Waals surface area contributed by atoms with Gasteiger partial charge in [0.2, 0.25) is 5.91 Å². The average Bonchev–Trinajstić information content (AvgIpc) is 3.22. The molecule has 0 saturated carbocycles. The lowest BCUT2D eigenvalue weighted by atomic mass is 9.94. The molecule has 3 aromatic rings. The quantitative estimate of drug-likeness (QED) is 0.613. The van der Waals surface area contributed by atoms with Crippen LogP contribution in [-0.2, 0) is 26.0 Å². The number of fused-ring (bicyclic) bond motifs is 2. The highest BCUT2D eigenvalue weighted by molar-refractivity contribution is 7.90. The maximum Gasteiger partial charge on any atom is 0.338 e. The standard InChI is InChI=1S/C23H21NO6S/c1-29-19-13-12-18(23(26)30-2)21-16(19)10-11-17(21)22(25)24-31(27,28)20-9-5-7-14-6-3-4-8-15(14)20/h3-9,12-13,17H,10-11H2,1-2H3,(H,24,25). The van der Waals surface area contributed by atoms with E-state index in [2.05, 4.69) is 4.72 Å². The Morgan fingerprint density at radius 3 is 2.48 bits per heavy atom. The Bertz CT molecular complexity index is 1290. The van der Waals surface area contributed by atoms with Crippen LogP contribution < -0.4 is 9.46 Å². The number of amides is 1. The van der Waals surface area contributed by atoms with Gasteiger partial charge in [0.25, 0.3) is 10.0 Å². The maximum atomic E-state index is 13.1. The third-order valence-corrected chi connectivity index (χ3v) is 6.97. The minimum Gasteiger partial charge on any atom is -0.496 e. The molecule has 0 spiro atoms. The average molecular weight is 439 g/mol. The molecule has 7 nitrogen and oxygen atoms in total. The Morgan fingerprint density at radius 1 is 1.00 bits per heavy atom. The van der Waals surface area contributed by atoms with Gasteiger partial charge in [-0.3, -0.25) is 4.79 Å². The summed E-state index contributed by atoms with van der Waals surface area (Å²) in [5.41, 5.74) is 1.41. The summed E-state index contributed by atoms with van der Waals surface area (Å²) in [6, 6.07) is 15.1. The number of carbonyl (C=O) groups is 2. The second-order valence-electron chi connectivity index (χ2n) is 7.24. The fourth-order valence-electron chi connectivity index (χ4n) is 4.16. The molecule has 0 saturated heterocycles. The molecule has 0 radical (unpaired) electrons. The third-order valence-electron chi connectivity index (χ3n) is 5.56. The predicted octanol–water partition coefficient (Wildman–Crippen LogP) is 3.17. The summed E-state index contributed by atoms with van der Waals surface area (Å²) in [6.07, 6.45) is 0.840. The SMILES string of the molecule is COC(=O)c1ccc(OC)c2c1C(C(=O)NS(=O)(=O)c1cccc3ccccc13)CC2. The zero-order valence-corrected chi connectivity index (χ0v) is 17.9. The number of sulfonamides is 1. The molecule has 31 heavy (non-hydrogen) atoms. The summed E-state index contributed by atoms with van der Waals surface area (Å²) in [5.74, 6) is -1.54. The lowest BCUT2D eigenvalue weighted by Crippen LogP contribution is -2.34. The van der Waals surface area contributed by atoms with E-state index in [4.69, 9.17) is 9.47 Å². The fourth-order valence-corrected chi connectivity index (χ4v) is 5.41. The van der Waals surface area contributed by atoms with Crippen LogP contribution in [0.5, 0.6) is 5.75 Å². The van der Waals surface area contributed by atoms with Gasteiger partial charge in [-0.1, -0.05) is 36.4 Å². The molecular formula is C23H21NO6S. The van der Waals surface area contributed by atoms with Gasteiger partial charge < -0.3 is 9.47 Å². The number of esters is 1. The van der Waals surface area contributed by atoms with E-state index in [1.165, 1.54) is 26.4 Å². The number of ether oxygens (including phenoxy) is 2.